The van der Waals surface area contributed by atoms with Crippen LogP contribution in [0.3, 0.4) is 0 Å². The van der Waals surface area contributed by atoms with Crippen LogP contribution in [-0.2, 0) is 59.1 Å². The van der Waals surface area contributed by atoms with Crippen LogP contribution in [0.2, 0.25) is 0 Å². The van der Waals surface area contributed by atoms with Gasteiger partial charge in [0.15, 0.2) is 0 Å². The van der Waals surface area contributed by atoms with Crippen LogP contribution in [-0.4, -0.2) is 135 Å². The van der Waals surface area contributed by atoms with Crippen molar-refractivity contribution in [2.75, 3.05) is 86.0 Å². The fourth-order valence-corrected chi connectivity index (χ4v) is 11.2. The minimum Gasteiger partial charge on any atom is -0.379 e. The molecule has 5 aliphatic heterocycles. The van der Waals surface area contributed by atoms with Gasteiger partial charge >= 0.3 is 0 Å². The third kappa shape index (κ3) is 12.4. The average molecular weight is 1060 g/mol. The molecule has 408 valence electrons. The highest BCUT2D eigenvalue weighted by molar-refractivity contribution is 6.09. The topological polar surface area (TPSA) is 183 Å². The predicted molar refractivity (Wildman–Crippen MR) is 302 cm³/mol. The average Bonchev–Trinajstić information content (AvgIpc) is 3.96. The second-order valence-electron chi connectivity index (χ2n) is 21.1. The maximum Gasteiger partial charge on any atom is 0.258 e. The number of piperidine rings is 2. The zero-order valence-corrected chi connectivity index (χ0v) is 45.4. The van der Waals surface area contributed by atoms with Crippen LogP contribution in [0.1, 0.15) is 92.6 Å². The van der Waals surface area contributed by atoms with E-state index in [9.17, 15) is 24.0 Å². The van der Waals surface area contributed by atoms with Crippen molar-refractivity contribution in [1.82, 2.24) is 39.6 Å². The number of aryl methyl sites for hydroxylation is 6. The van der Waals surface area contributed by atoms with Crippen molar-refractivity contribution in [3.63, 3.8) is 0 Å². The molecule has 11 rings (SSSR count). The number of hydrogen-bond acceptors (Lipinski definition) is 12. The van der Waals surface area contributed by atoms with Crippen LogP contribution in [0.4, 0.5) is 34.4 Å². The first-order chi connectivity index (χ1) is 37.9. The lowest BCUT2D eigenvalue weighted by Gasteiger charge is -2.33. The summed E-state index contributed by atoms with van der Waals surface area (Å²) < 4.78 is 9.01. The van der Waals surface area contributed by atoms with Crippen molar-refractivity contribution in [3.05, 3.63) is 142 Å². The maximum atomic E-state index is 13.8. The molecule has 7 heterocycles. The molecule has 4 amide bonds. The molecule has 2 aromatic heterocycles. The Labute approximate surface area is 456 Å². The number of benzene rings is 4. The van der Waals surface area contributed by atoms with Gasteiger partial charge in [-0.05, 0) is 110 Å². The first kappa shape index (κ1) is 53.7. The molecular formula is C60H72N12O6. The molecule has 78 heavy (non-hydrogen) atoms. The van der Waals surface area contributed by atoms with E-state index in [1.807, 2.05) is 129 Å². The van der Waals surface area contributed by atoms with E-state index < -0.39 is 0 Å². The van der Waals surface area contributed by atoms with Gasteiger partial charge in [-0.1, -0.05) is 36.4 Å². The SMILES string of the molecule is Cc1cc(C(=O)N2Cc3cnn(C)c3Nc3ccccc32)ccc1CCC(=O)N1CCC(=O)CC1.Cc1cc(C(=O)N2Cc3cnn(C)c3Nc3ccccc32)ccc1CCC(=O)N1CCC(NCCN2CCOCC2)CC1. The largest absolute Gasteiger partial charge is 0.379 e. The number of nitrogens with zero attached hydrogens (tertiary/aromatic N) is 9. The first-order valence-electron chi connectivity index (χ1n) is 27.5. The number of amides is 4. The summed E-state index contributed by atoms with van der Waals surface area (Å²) in [6.45, 7) is 13.3. The lowest BCUT2D eigenvalue weighted by molar-refractivity contribution is -0.134. The van der Waals surface area contributed by atoms with E-state index in [4.69, 9.17) is 4.74 Å². The van der Waals surface area contributed by atoms with Gasteiger partial charge in [-0.2, -0.15) is 10.2 Å². The van der Waals surface area contributed by atoms with Gasteiger partial charge in [-0.3, -0.25) is 38.2 Å². The Kier molecular flexibility index (Phi) is 16.8. The van der Waals surface area contributed by atoms with E-state index in [2.05, 4.69) is 31.0 Å². The standard InChI is InChI=1S/C33H43N7O3.C27H29N5O3/c1-24-21-26(33(42)40-23-27-22-35-37(2)32(27)36-29-5-3-4-6-30(29)40)8-7-25(24)9-10-31(41)39-14-11-28(12-15-39)34-13-16-38-17-19-43-20-18-38;1-18-15-20(8-7-19(18)9-10-25(34)31-13-11-22(33)12-14-31)27(35)32-17-21-16-28-30(2)26(21)29-23-5-3-4-6-24(23)32/h3-8,21-22,28,34,36H,9-20,23H2,1-2H3;3-8,15-16,29H,9-14,17H2,1-2H3. The lowest BCUT2D eigenvalue weighted by atomic mass is 9.99. The number of aromatic nitrogens is 4. The number of rotatable bonds is 12. The number of carbonyl (C=O) groups is 5. The zero-order valence-electron chi connectivity index (χ0n) is 45.4. The van der Waals surface area contributed by atoms with Crippen LogP contribution in [0.15, 0.2) is 97.3 Å². The number of fused-ring (bicyclic) bond motifs is 4. The Morgan fingerprint density at radius 1 is 0.628 bits per heavy atom. The molecule has 0 aliphatic carbocycles. The summed E-state index contributed by atoms with van der Waals surface area (Å²) in [5.74, 6) is 2.15. The van der Waals surface area contributed by atoms with Gasteiger partial charge in [-0.15, -0.1) is 0 Å². The second kappa shape index (κ2) is 24.3. The van der Waals surface area contributed by atoms with Gasteiger partial charge in [0.2, 0.25) is 11.8 Å². The van der Waals surface area contributed by atoms with Gasteiger partial charge < -0.3 is 40.3 Å². The maximum absolute atomic E-state index is 13.8. The summed E-state index contributed by atoms with van der Waals surface area (Å²) in [4.78, 5) is 74.4. The molecule has 3 fully saturated rings. The zero-order chi connectivity index (χ0) is 54.3. The number of ether oxygens (including phenoxy) is 1. The van der Waals surface area contributed by atoms with Crippen LogP contribution >= 0.6 is 0 Å². The van der Waals surface area contributed by atoms with Gasteiger partial charge in [-0.25, -0.2) is 0 Å². The van der Waals surface area contributed by atoms with Gasteiger partial charge in [0.25, 0.3) is 11.8 Å². The second-order valence-corrected chi connectivity index (χ2v) is 21.1. The number of carbonyl (C=O) groups excluding carboxylic acids is 5. The quantitative estimate of drug-likeness (QED) is 0.112. The minimum atomic E-state index is -0.0836. The number of hydrogen-bond donors (Lipinski definition) is 3. The minimum absolute atomic E-state index is 0.0573. The highest BCUT2D eigenvalue weighted by Crippen LogP contribution is 2.38. The molecule has 0 saturated carbocycles. The van der Waals surface area contributed by atoms with Crippen molar-refractivity contribution in [1.29, 1.82) is 0 Å². The van der Waals surface area contributed by atoms with Crippen molar-refractivity contribution in [3.8, 4) is 0 Å². The van der Waals surface area contributed by atoms with Crippen molar-refractivity contribution >= 4 is 63.8 Å². The number of ketones is 1. The van der Waals surface area contributed by atoms with Crippen molar-refractivity contribution in [2.24, 2.45) is 14.1 Å². The Morgan fingerprint density at radius 3 is 1.59 bits per heavy atom. The number of morpholine rings is 1. The summed E-state index contributed by atoms with van der Waals surface area (Å²) in [6, 6.07) is 27.7. The highest BCUT2D eigenvalue weighted by atomic mass is 16.5. The first-order valence-corrected chi connectivity index (χ1v) is 27.5. The summed E-state index contributed by atoms with van der Waals surface area (Å²) in [7, 11) is 3.77. The number of nitrogens with one attached hydrogen (secondary N) is 3. The molecule has 6 aromatic rings. The Bertz CT molecular complexity index is 3160. The molecule has 0 unspecified atom stereocenters. The fourth-order valence-electron chi connectivity index (χ4n) is 11.2. The van der Waals surface area contributed by atoms with Crippen LogP contribution in [0.5, 0.6) is 0 Å². The Morgan fingerprint density at radius 2 is 1.10 bits per heavy atom. The van der Waals surface area contributed by atoms with E-state index in [0.29, 0.717) is 81.9 Å². The summed E-state index contributed by atoms with van der Waals surface area (Å²) in [5, 5.41) is 19.3. The molecule has 3 saturated heterocycles. The molecule has 18 nitrogen and oxygen atoms in total. The van der Waals surface area contributed by atoms with Crippen LogP contribution in [0, 0.1) is 13.8 Å². The molecule has 0 atom stereocenters. The Hall–Kier alpha value is -7.67. The number of para-hydroxylation sites is 4. The summed E-state index contributed by atoms with van der Waals surface area (Å²) in [6.07, 6.45) is 8.68. The van der Waals surface area contributed by atoms with E-state index in [1.165, 1.54) is 0 Å². The molecule has 3 N–H and O–H groups in total. The van der Waals surface area contributed by atoms with Gasteiger partial charge in [0.05, 0.1) is 61.4 Å². The fraction of sp³-hybridized carbons (Fsp3) is 0.417. The number of likely N-dealkylation sites (tertiary alicyclic amines) is 2. The molecule has 0 spiro atoms. The van der Waals surface area contributed by atoms with E-state index >= 15 is 0 Å². The van der Waals surface area contributed by atoms with E-state index in [1.54, 1.807) is 25.4 Å². The van der Waals surface area contributed by atoms with Crippen molar-refractivity contribution in [2.45, 2.75) is 84.3 Å². The molecule has 18 heteroatoms. The van der Waals surface area contributed by atoms with Gasteiger partial charge in [0.1, 0.15) is 17.4 Å². The summed E-state index contributed by atoms with van der Waals surface area (Å²) in [5.41, 5.74) is 10.7. The Balaban J connectivity index is 0.000000180. The van der Waals surface area contributed by atoms with E-state index in [0.717, 1.165) is 133 Å². The smallest absolute Gasteiger partial charge is 0.258 e. The number of Topliss-reactive ketones (excluding diaryl/α,β-unsaturated/α-hetero) is 1. The summed E-state index contributed by atoms with van der Waals surface area (Å²) >= 11 is 0. The molecule has 5 aliphatic rings. The molecular weight excluding hydrogens is 985 g/mol. The normalized spacial score (nSPS) is 16.5. The molecule has 0 radical (unpaired) electrons. The van der Waals surface area contributed by atoms with Gasteiger partial charge in [0, 0.05) is 120 Å². The monoisotopic (exact) mass is 1060 g/mol. The third-order valence-electron chi connectivity index (χ3n) is 16.0. The van der Waals surface area contributed by atoms with Crippen molar-refractivity contribution < 1.29 is 28.7 Å². The third-order valence-corrected chi connectivity index (χ3v) is 16.0. The van der Waals surface area contributed by atoms with E-state index in [-0.39, 0.29) is 29.4 Å². The molecule has 0 bridgehead atoms. The lowest BCUT2D eigenvalue weighted by Crippen LogP contribution is -2.47. The number of anilines is 6. The predicted octanol–water partition coefficient (Wildman–Crippen LogP) is 7.23. The molecule has 4 aromatic carbocycles. The highest BCUT2D eigenvalue weighted by Gasteiger charge is 2.30. The van der Waals surface area contributed by atoms with Crippen LogP contribution in [0.25, 0.3) is 0 Å². The van der Waals surface area contributed by atoms with Crippen LogP contribution < -0.4 is 25.8 Å².